The van der Waals surface area contributed by atoms with Crippen LogP contribution in [-0.2, 0) is 0 Å². The van der Waals surface area contributed by atoms with Gasteiger partial charge in [0.1, 0.15) is 6.10 Å². The standard InChI is InChI=1S/C8H14O/c1-4-8(9)6-5-7(2)3/h7-9H,4H2,1-3H3. The highest BCUT2D eigenvalue weighted by molar-refractivity contribution is 5.05. The van der Waals surface area contributed by atoms with Gasteiger partial charge in [-0.2, -0.15) is 0 Å². The lowest BCUT2D eigenvalue weighted by molar-refractivity contribution is 0.228. The molecular weight excluding hydrogens is 112 g/mol. The average Bonchev–Trinajstić information content (AvgIpc) is 1.83. The Hall–Kier alpha value is -0.480. The van der Waals surface area contributed by atoms with Gasteiger partial charge in [-0.3, -0.25) is 0 Å². The van der Waals surface area contributed by atoms with Crippen LogP contribution in [0.2, 0.25) is 0 Å². The maximum absolute atomic E-state index is 8.93. The first kappa shape index (κ1) is 8.52. The van der Waals surface area contributed by atoms with Crippen LogP contribution in [0.25, 0.3) is 0 Å². The van der Waals surface area contributed by atoms with Crippen molar-refractivity contribution in [3.05, 3.63) is 0 Å². The smallest absolute Gasteiger partial charge is 0.114 e. The van der Waals surface area contributed by atoms with Crippen molar-refractivity contribution in [2.45, 2.75) is 33.3 Å². The molecule has 0 saturated heterocycles. The highest BCUT2D eigenvalue weighted by atomic mass is 16.3. The van der Waals surface area contributed by atoms with Crippen LogP contribution in [0.4, 0.5) is 0 Å². The van der Waals surface area contributed by atoms with Crippen LogP contribution in [0, 0.1) is 17.8 Å². The molecule has 0 radical (unpaired) electrons. The van der Waals surface area contributed by atoms with Gasteiger partial charge in [-0.15, -0.1) is 0 Å². The first-order chi connectivity index (χ1) is 4.16. The molecule has 52 valence electrons. The molecule has 0 aromatic rings. The maximum atomic E-state index is 8.93. The Balaban J connectivity index is 3.58. The fourth-order valence-electron chi connectivity index (χ4n) is 0.365. The van der Waals surface area contributed by atoms with Crippen LogP contribution in [-0.4, -0.2) is 11.2 Å². The Morgan fingerprint density at radius 3 is 2.22 bits per heavy atom. The fourth-order valence-corrected chi connectivity index (χ4v) is 0.365. The minimum atomic E-state index is -0.424. The molecule has 0 aliphatic rings. The predicted octanol–water partition coefficient (Wildman–Crippen LogP) is 1.42. The molecule has 1 unspecified atom stereocenters. The second kappa shape index (κ2) is 4.40. The van der Waals surface area contributed by atoms with Gasteiger partial charge in [0.2, 0.25) is 0 Å². The third-order valence-corrected chi connectivity index (χ3v) is 0.925. The van der Waals surface area contributed by atoms with Crippen molar-refractivity contribution in [3.63, 3.8) is 0 Å². The van der Waals surface area contributed by atoms with E-state index in [0.29, 0.717) is 5.92 Å². The van der Waals surface area contributed by atoms with E-state index in [4.69, 9.17) is 5.11 Å². The monoisotopic (exact) mass is 126 g/mol. The van der Waals surface area contributed by atoms with Gasteiger partial charge in [0.15, 0.2) is 0 Å². The second-order valence-electron chi connectivity index (χ2n) is 2.37. The van der Waals surface area contributed by atoms with Crippen molar-refractivity contribution in [2.24, 2.45) is 5.92 Å². The summed E-state index contributed by atoms with van der Waals surface area (Å²) in [6.07, 6.45) is 0.298. The number of aliphatic hydroxyl groups excluding tert-OH is 1. The van der Waals surface area contributed by atoms with Crippen molar-refractivity contribution in [1.29, 1.82) is 0 Å². The third-order valence-electron chi connectivity index (χ3n) is 0.925. The van der Waals surface area contributed by atoms with Gasteiger partial charge in [-0.1, -0.05) is 32.6 Å². The van der Waals surface area contributed by atoms with E-state index in [1.807, 2.05) is 20.8 Å². The first-order valence-corrected chi connectivity index (χ1v) is 3.36. The summed E-state index contributed by atoms with van der Waals surface area (Å²) in [6.45, 7) is 5.93. The Kier molecular flexibility index (Phi) is 4.17. The predicted molar refractivity (Wildman–Crippen MR) is 38.9 cm³/mol. The Bertz CT molecular complexity index is 116. The van der Waals surface area contributed by atoms with Crippen molar-refractivity contribution >= 4 is 0 Å². The van der Waals surface area contributed by atoms with E-state index in [1.165, 1.54) is 0 Å². The maximum Gasteiger partial charge on any atom is 0.114 e. The molecule has 0 amide bonds. The fraction of sp³-hybridized carbons (Fsp3) is 0.750. The van der Waals surface area contributed by atoms with Crippen molar-refractivity contribution in [2.75, 3.05) is 0 Å². The van der Waals surface area contributed by atoms with Crippen LogP contribution in [0.5, 0.6) is 0 Å². The second-order valence-corrected chi connectivity index (χ2v) is 2.37. The van der Waals surface area contributed by atoms with E-state index in [1.54, 1.807) is 0 Å². The largest absolute Gasteiger partial charge is 0.380 e. The van der Waals surface area contributed by atoms with E-state index in [2.05, 4.69) is 11.8 Å². The Morgan fingerprint density at radius 1 is 1.33 bits per heavy atom. The zero-order chi connectivity index (χ0) is 7.28. The summed E-state index contributed by atoms with van der Waals surface area (Å²) in [5.74, 6) is 6.00. The van der Waals surface area contributed by atoms with Gasteiger partial charge in [-0.05, 0) is 6.42 Å². The zero-order valence-corrected chi connectivity index (χ0v) is 6.31. The van der Waals surface area contributed by atoms with Crippen LogP contribution in [0.1, 0.15) is 27.2 Å². The molecule has 1 atom stereocenters. The lowest BCUT2D eigenvalue weighted by Crippen LogP contribution is -1.99. The molecule has 0 aliphatic heterocycles. The molecule has 0 spiro atoms. The SMILES string of the molecule is CCC(O)C#CC(C)C. The summed E-state index contributed by atoms with van der Waals surface area (Å²) in [7, 11) is 0. The quantitative estimate of drug-likeness (QED) is 0.527. The van der Waals surface area contributed by atoms with E-state index < -0.39 is 6.10 Å². The van der Waals surface area contributed by atoms with E-state index in [-0.39, 0.29) is 0 Å². The molecular formula is C8H14O. The summed E-state index contributed by atoms with van der Waals surface area (Å²) in [5.41, 5.74) is 0. The molecule has 0 aliphatic carbocycles. The summed E-state index contributed by atoms with van der Waals surface area (Å²) in [4.78, 5) is 0. The molecule has 0 rings (SSSR count). The molecule has 0 saturated carbocycles. The Morgan fingerprint density at radius 2 is 1.89 bits per heavy atom. The Labute approximate surface area is 57.1 Å². The van der Waals surface area contributed by atoms with Crippen LogP contribution in [0.3, 0.4) is 0 Å². The number of hydrogen-bond acceptors (Lipinski definition) is 1. The normalized spacial score (nSPS) is 12.6. The number of hydrogen-bond donors (Lipinski definition) is 1. The van der Waals surface area contributed by atoms with Crippen LogP contribution < -0.4 is 0 Å². The van der Waals surface area contributed by atoms with Gasteiger partial charge in [0, 0.05) is 5.92 Å². The minimum Gasteiger partial charge on any atom is -0.380 e. The molecule has 0 heterocycles. The lowest BCUT2D eigenvalue weighted by atomic mass is 10.2. The third kappa shape index (κ3) is 5.39. The molecule has 1 nitrogen and oxygen atoms in total. The lowest BCUT2D eigenvalue weighted by Gasteiger charge is -1.94. The summed E-state index contributed by atoms with van der Waals surface area (Å²) < 4.78 is 0. The topological polar surface area (TPSA) is 20.2 Å². The number of aliphatic hydroxyl groups is 1. The first-order valence-electron chi connectivity index (χ1n) is 3.36. The summed E-state index contributed by atoms with van der Waals surface area (Å²) in [6, 6.07) is 0. The zero-order valence-electron chi connectivity index (χ0n) is 6.31. The van der Waals surface area contributed by atoms with E-state index >= 15 is 0 Å². The number of rotatable bonds is 1. The molecule has 0 fully saturated rings. The summed E-state index contributed by atoms with van der Waals surface area (Å²) in [5, 5.41) is 8.93. The molecule has 9 heavy (non-hydrogen) atoms. The van der Waals surface area contributed by atoms with Gasteiger partial charge in [-0.25, -0.2) is 0 Å². The van der Waals surface area contributed by atoms with Gasteiger partial charge < -0.3 is 5.11 Å². The van der Waals surface area contributed by atoms with E-state index in [9.17, 15) is 0 Å². The van der Waals surface area contributed by atoms with Gasteiger partial charge >= 0.3 is 0 Å². The molecule has 1 N–H and O–H groups in total. The van der Waals surface area contributed by atoms with Crippen molar-refractivity contribution in [3.8, 4) is 11.8 Å². The van der Waals surface area contributed by atoms with Gasteiger partial charge in [0.25, 0.3) is 0 Å². The molecule has 0 aromatic carbocycles. The van der Waals surface area contributed by atoms with Crippen molar-refractivity contribution < 1.29 is 5.11 Å². The van der Waals surface area contributed by atoms with Gasteiger partial charge in [0.05, 0.1) is 0 Å². The highest BCUT2D eigenvalue weighted by Crippen LogP contribution is 1.90. The molecule has 0 bridgehead atoms. The molecule has 1 heteroatoms. The van der Waals surface area contributed by atoms with Crippen molar-refractivity contribution in [1.82, 2.24) is 0 Å². The van der Waals surface area contributed by atoms with Crippen LogP contribution >= 0.6 is 0 Å². The minimum absolute atomic E-state index is 0.367. The van der Waals surface area contributed by atoms with Crippen LogP contribution in [0.15, 0.2) is 0 Å². The average molecular weight is 126 g/mol. The van der Waals surface area contributed by atoms with E-state index in [0.717, 1.165) is 6.42 Å². The molecule has 0 aromatic heterocycles. The highest BCUT2D eigenvalue weighted by Gasteiger charge is 1.90. The summed E-state index contributed by atoms with van der Waals surface area (Å²) >= 11 is 0.